The maximum Gasteiger partial charge on any atom is 0.0994 e. The summed E-state index contributed by atoms with van der Waals surface area (Å²) in [6.45, 7) is 16.3. The van der Waals surface area contributed by atoms with Crippen LogP contribution in [0.3, 0.4) is 0 Å². The summed E-state index contributed by atoms with van der Waals surface area (Å²) < 4.78 is 12.3. The average Bonchev–Trinajstić information content (AvgIpc) is 2.94. The molecule has 0 aromatic heterocycles. The maximum absolute atomic E-state index is 6.16. The van der Waals surface area contributed by atoms with Crippen LogP contribution in [0.5, 0.6) is 0 Å². The predicted octanol–water partition coefficient (Wildman–Crippen LogP) is 8.89. The molecule has 0 amide bonds. The molecule has 0 unspecified atom stereocenters. The predicted molar refractivity (Wildman–Crippen MR) is 163 cm³/mol. The molecule has 2 aromatic carbocycles. The van der Waals surface area contributed by atoms with Gasteiger partial charge in [0, 0.05) is 26.2 Å². The number of hydrogen-bond donors (Lipinski definition) is 0. The first-order valence-corrected chi connectivity index (χ1v) is 15.5. The maximum atomic E-state index is 6.16. The van der Waals surface area contributed by atoms with Crippen molar-refractivity contribution in [3.8, 4) is 11.1 Å². The van der Waals surface area contributed by atoms with Gasteiger partial charge in [0.05, 0.1) is 26.7 Å². The Morgan fingerprint density at radius 3 is 1.29 bits per heavy atom. The Labute approximate surface area is 234 Å². The van der Waals surface area contributed by atoms with Gasteiger partial charge in [0.2, 0.25) is 0 Å². The molecule has 2 aromatic rings. The second-order valence-corrected chi connectivity index (χ2v) is 10.7. The van der Waals surface area contributed by atoms with Crippen molar-refractivity contribution in [2.24, 2.45) is 0 Å². The molecule has 0 aliphatic rings. The standard InChI is InChI=1S/C34H56N2O2/c1-5-9-13-23-35(21-11-7-3)29-37-27-31-17-15-19-33(25-31)34-20-16-18-32(26-34)28-38-30-36(22-12-8-4)24-14-10-6-2/h15-20,25-26H,5-14,21-24,27-30H2,1-4H3. The molecule has 2 rings (SSSR count). The van der Waals surface area contributed by atoms with Crippen LogP contribution in [0.2, 0.25) is 0 Å². The van der Waals surface area contributed by atoms with E-state index in [0.717, 1.165) is 26.2 Å². The van der Waals surface area contributed by atoms with E-state index in [1.165, 1.54) is 86.5 Å². The van der Waals surface area contributed by atoms with Gasteiger partial charge in [-0.2, -0.15) is 0 Å². The minimum atomic E-state index is 0.651. The van der Waals surface area contributed by atoms with Gasteiger partial charge in [0.25, 0.3) is 0 Å². The summed E-state index contributed by atoms with van der Waals surface area (Å²) >= 11 is 0. The van der Waals surface area contributed by atoms with Crippen molar-refractivity contribution in [3.05, 3.63) is 59.7 Å². The zero-order valence-corrected chi connectivity index (χ0v) is 25.1. The highest BCUT2D eigenvalue weighted by molar-refractivity contribution is 5.64. The minimum absolute atomic E-state index is 0.651. The fraction of sp³-hybridized carbons (Fsp3) is 0.647. The molecule has 0 aliphatic carbocycles. The van der Waals surface area contributed by atoms with Gasteiger partial charge < -0.3 is 9.47 Å². The van der Waals surface area contributed by atoms with E-state index >= 15 is 0 Å². The summed E-state index contributed by atoms with van der Waals surface area (Å²) in [6, 6.07) is 17.6. The number of benzene rings is 2. The van der Waals surface area contributed by atoms with E-state index in [-0.39, 0.29) is 0 Å². The van der Waals surface area contributed by atoms with Crippen LogP contribution in [0, 0.1) is 0 Å². The zero-order chi connectivity index (χ0) is 27.3. The summed E-state index contributed by atoms with van der Waals surface area (Å²) in [5.41, 5.74) is 4.93. The monoisotopic (exact) mass is 524 g/mol. The number of unbranched alkanes of at least 4 members (excludes halogenated alkanes) is 6. The smallest absolute Gasteiger partial charge is 0.0994 e. The Kier molecular flexibility index (Phi) is 18.1. The molecule has 0 N–H and O–H groups in total. The van der Waals surface area contributed by atoms with E-state index < -0.39 is 0 Å². The number of rotatable bonds is 23. The molecular weight excluding hydrogens is 468 g/mol. The Balaban J connectivity index is 1.88. The van der Waals surface area contributed by atoms with Gasteiger partial charge in [-0.1, -0.05) is 103 Å². The van der Waals surface area contributed by atoms with Gasteiger partial charge in [0.1, 0.15) is 0 Å². The molecule has 0 heterocycles. The van der Waals surface area contributed by atoms with Crippen molar-refractivity contribution < 1.29 is 9.47 Å². The van der Waals surface area contributed by atoms with Crippen molar-refractivity contribution >= 4 is 0 Å². The lowest BCUT2D eigenvalue weighted by Gasteiger charge is -2.22. The highest BCUT2D eigenvalue weighted by Crippen LogP contribution is 2.22. The van der Waals surface area contributed by atoms with E-state index in [0.29, 0.717) is 26.7 Å². The van der Waals surface area contributed by atoms with Crippen molar-refractivity contribution in [1.82, 2.24) is 9.80 Å². The summed E-state index contributed by atoms with van der Waals surface area (Å²) in [5, 5.41) is 0. The lowest BCUT2D eigenvalue weighted by Crippen LogP contribution is -2.28. The first-order chi connectivity index (χ1) is 18.7. The fourth-order valence-corrected chi connectivity index (χ4v) is 4.68. The minimum Gasteiger partial charge on any atom is -0.361 e. The number of ether oxygens (including phenoxy) is 2. The molecule has 214 valence electrons. The molecule has 0 bridgehead atoms. The summed E-state index contributed by atoms with van der Waals surface area (Å²) in [7, 11) is 0. The molecule has 0 aliphatic heterocycles. The zero-order valence-electron chi connectivity index (χ0n) is 25.1. The van der Waals surface area contributed by atoms with Crippen LogP contribution in [0.1, 0.15) is 103 Å². The molecule has 0 saturated heterocycles. The molecule has 0 saturated carbocycles. The van der Waals surface area contributed by atoms with Gasteiger partial charge in [-0.15, -0.1) is 0 Å². The summed E-state index contributed by atoms with van der Waals surface area (Å²) in [4.78, 5) is 4.94. The van der Waals surface area contributed by atoms with E-state index in [9.17, 15) is 0 Å². The van der Waals surface area contributed by atoms with Crippen LogP contribution in [0.25, 0.3) is 11.1 Å². The summed E-state index contributed by atoms with van der Waals surface area (Å²) in [6.07, 6.45) is 12.6. The van der Waals surface area contributed by atoms with E-state index in [1.807, 2.05) is 0 Å². The third-order valence-electron chi connectivity index (χ3n) is 7.08. The second-order valence-electron chi connectivity index (χ2n) is 10.7. The Morgan fingerprint density at radius 1 is 0.500 bits per heavy atom. The van der Waals surface area contributed by atoms with Crippen molar-refractivity contribution in [1.29, 1.82) is 0 Å². The molecule has 0 spiro atoms. The molecular formula is C34H56N2O2. The third kappa shape index (κ3) is 13.9. The lowest BCUT2D eigenvalue weighted by molar-refractivity contribution is 0.0171. The van der Waals surface area contributed by atoms with Gasteiger partial charge in [-0.05, 0) is 60.1 Å². The SMILES string of the molecule is CCCCCN(CCCC)COCc1cccc(-c2cccc(COCN(CCCC)CCCCC)c2)c1. The fourth-order valence-electron chi connectivity index (χ4n) is 4.68. The number of hydrogen-bond acceptors (Lipinski definition) is 4. The molecule has 4 nitrogen and oxygen atoms in total. The topological polar surface area (TPSA) is 24.9 Å². The Hall–Kier alpha value is -1.72. The molecule has 0 radical (unpaired) electrons. The first-order valence-electron chi connectivity index (χ1n) is 15.5. The lowest BCUT2D eigenvalue weighted by atomic mass is 10.0. The Bertz CT molecular complexity index is 771. The van der Waals surface area contributed by atoms with Gasteiger partial charge >= 0.3 is 0 Å². The van der Waals surface area contributed by atoms with Crippen LogP contribution in [0.15, 0.2) is 48.5 Å². The highest BCUT2D eigenvalue weighted by Gasteiger charge is 2.07. The third-order valence-corrected chi connectivity index (χ3v) is 7.08. The largest absolute Gasteiger partial charge is 0.361 e. The summed E-state index contributed by atoms with van der Waals surface area (Å²) in [5.74, 6) is 0. The van der Waals surface area contributed by atoms with Crippen LogP contribution in [0.4, 0.5) is 0 Å². The number of nitrogens with zero attached hydrogens (tertiary/aromatic N) is 2. The molecule has 0 atom stereocenters. The van der Waals surface area contributed by atoms with Gasteiger partial charge in [-0.3, -0.25) is 9.80 Å². The van der Waals surface area contributed by atoms with Crippen molar-refractivity contribution in [2.75, 3.05) is 39.6 Å². The Morgan fingerprint density at radius 2 is 0.895 bits per heavy atom. The van der Waals surface area contributed by atoms with E-state index in [4.69, 9.17) is 9.47 Å². The van der Waals surface area contributed by atoms with Crippen LogP contribution in [-0.2, 0) is 22.7 Å². The van der Waals surface area contributed by atoms with E-state index in [1.54, 1.807) is 0 Å². The molecule has 0 fully saturated rings. The van der Waals surface area contributed by atoms with Crippen LogP contribution in [-0.4, -0.2) is 49.4 Å². The van der Waals surface area contributed by atoms with Crippen molar-refractivity contribution in [3.63, 3.8) is 0 Å². The molecule has 4 heteroatoms. The normalized spacial score (nSPS) is 11.6. The second kappa shape index (κ2) is 21.1. The van der Waals surface area contributed by atoms with Crippen molar-refractivity contribution in [2.45, 2.75) is 105 Å². The quantitative estimate of drug-likeness (QED) is 0.107. The van der Waals surface area contributed by atoms with Crippen LogP contribution < -0.4 is 0 Å². The van der Waals surface area contributed by atoms with E-state index in [2.05, 4.69) is 86.0 Å². The van der Waals surface area contributed by atoms with Gasteiger partial charge in [-0.25, -0.2) is 0 Å². The first kappa shape index (κ1) is 32.5. The highest BCUT2D eigenvalue weighted by atomic mass is 16.5. The average molecular weight is 525 g/mol. The van der Waals surface area contributed by atoms with Crippen LogP contribution >= 0.6 is 0 Å². The molecule has 38 heavy (non-hydrogen) atoms. The van der Waals surface area contributed by atoms with Gasteiger partial charge in [0.15, 0.2) is 0 Å².